The molecule has 23 heavy (non-hydrogen) atoms. The van der Waals surface area contributed by atoms with E-state index in [4.69, 9.17) is 0 Å². The normalized spacial score (nSPS) is 11.0. The first-order chi connectivity index (χ1) is 11.0. The average molecular weight is 315 g/mol. The van der Waals surface area contributed by atoms with Crippen LogP contribution < -0.4 is 5.32 Å². The lowest BCUT2D eigenvalue weighted by Gasteiger charge is -2.10. The third-order valence-electron chi connectivity index (χ3n) is 3.02. The monoisotopic (exact) mass is 315 g/mol. The van der Waals surface area contributed by atoms with E-state index in [2.05, 4.69) is 19.9 Å². The van der Waals surface area contributed by atoms with Crippen molar-refractivity contribution < 1.29 is 19.1 Å². The largest absolute Gasteiger partial charge is 0.466 e. The summed E-state index contributed by atoms with van der Waals surface area (Å²) in [6, 6.07) is 9.18. The smallest absolute Gasteiger partial charge is 0.354 e. The number of hydrogen-bond donors (Lipinski definition) is 1. The highest BCUT2D eigenvalue weighted by Gasteiger charge is 2.13. The summed E-state index contributed by atoms with van der Waals surface area (Å²) >= 11 is 0. The van der Waals surface area contributed by atoms with Gasteiger partial charge in [0.2, 0.25) is 0 Å². The summed E-state index contributed by atoms with van der Waals surface area (Å²) in [5.74, 6) is -1.32. The van der Waals surface area contributed by atoms with Crippen molar-refractivity contribution in [2.45, 2.75) is 0 Å². The van der Waals surface area contributed by atoms with E-state index in [1.165, 1.54) is 14.2 Å². The minimum absolute atomic E-state index is 0.0162. The Kier molecular flexibility index (Phi) is 5.14. The number of aryl methyl sites for hydroxylation is 1. The fraction of sp³-hybridized carbons (Fsp3) is 0.188. The molecule has 1 aromatic carbocycles. The molecular formula is C16H17N3O4. The molecule has 0 saturated carbocycles. The molecule has 0 aliphatic carbocycles. The van der Waals surface area contributed by atoms with Crippen molar-refractivity contribution in [1.82, 2.24) is 9.78 Å². The van der Waals surface area contributed by atoms with Crippen molar-refractivity contribution in [2.24, 2.45) is 7.05 Å². The number of benzene rings is 1. The third-order valence-corrected chi connectivity index (χ3v) is 3.02. The van der Waals surface area contributed by atoms with Crippen LogP contribution in [0.15, 0.2) is 48.3 Å². The standard InChI is InChI=1S/C16H17N3O4/c1-19-8-7-13(18-19)11-5-4-6-12(9-11)17-14(16(21)23-3)10-15(20)22-2/h4-10,17H,1-3H3/b14-10+. The maximum atomic E-state index is 11.7. The maximum Gasteiger partial charge on any atom is 0.354 e. The lowest BCUT2D eigenvalue weighted by atomic mass is 10.1. The molecule has 0 fully saturated rings. The number of nitrogens with zero attached hydrogens (tertiary/aromatic N) is 2. The molecule has 7 nitrogen and oxygen atoms in total. The molecule has 0 bridgehead atoms. The summed E-state index contributed by atoms with van der Waals surface area (Å²) in [6.07, 6.45) is 2.88. The van der Waals surface area contributed by atoms with Gasteiger partial charge in [-0.3, -0.25) is 4.68 Å². The van der Waals surface area contributed by atoms with E-state index in [0.717, 1.165) is 17.3 Å². The predicted octanol–water partition coefficient (Wildman–Crippen LogP) is 1.73. The number of aromatic nitrogens is 2. The second kappa shape index (κ2) is 7.26. The number of nitrogens with one attached hydrogen (secondary N) is 1. The molecule has 7 heteroatoms. The van der Waals surface area contributed by atoms with E-state index in [9.17, 15) is 9.59 Å². The van der Waals surface area contributed by atoms with Gasteiger partial charge in [-0.25, -0.2) is 9.59 Å². The van der Waals surface area contributed by atoms with Crippen molar-refractivity contribution >= 4 is 17.6 Å². The highest BCUT2D eigenvalue weighted by atomic mass is 16.5. The molecule has 0 aliphatic rings. The minimum atomic E-state index is -0.668. The Bertz CT molecular complexity index is 749. The summed E-state index contributed by atoms with van der Waals surface area (Å²) in [4.78, 5) is 23.1. The van der Waals surface area contributed by atoms with Gasteiger partial charge in [0.1, 0.15) is 5.70 Å². The van der Waals surface area contributed by atoms with Gasteiger partial charge >= 0.3 is 11.9 Å². The molecular weight excluding hydrogens is 298 g/mol. The highest BCUT2D eigenvalue weighted by molar-refractivity contribution is 5.98. The molecule has 0 aliphatic heterocycles. The fourth-order valence-corrected chi connectivity index (χ4v) is 1.91. The van der Waals surface area contributed by atoms with Crippen LogP contribution in [0, 0.1) is 0 Å². The van der Waals surface area contributed by atoms with Gasteiger partial charge in [-0.1, -0.05) is 12.1 Å². The predicted molar refractivity (Wildman–Crippen MR) is 84.4 cm³/mol. The van der Waals surface area contributed by atoms with Crippen LogP contribution in [-0.2, 0) is 26.1 Å². The third kappa shape index (κ3) is 4.19. The maximum absolute atomic E-state index is 11.7. The number of rotatable bonds is 5. The second-order valence-corrected chi connectivity index (χ2v) is 4.65. The van der Waals surface area contributed by atoms with Crippen molar-refractivity contribution in [3.63, 3.8) is 0 Å². The Morgan fingerprint density at radius 2 is 2.00 bits per heavy atom. The summed E-state index contributed by atoms with van der Waals surface area (Å²) < 4.78 is 10.9. The van der Waals surface area contributed by atoms with Crippen LogP contribution in [-0.4, -0.2) is 35.9 Å². The Morgan fingerprint density at radius 1 is 1.22 bits per heavy atom. The molecule has 0 saturated heterocycles. The number of carbonyl (C=O) groups is 2. The van der Waals surface area contributed by atoms with Crippen LogP contribution in [0.3, 0.4) is 0 Å². The van der Waals surface area contributed by atoms with Gasteiger partial charge < -0.3 is 14.8 Å². The highest BCUT2D eigenvalue weighted by Crippen LogP contribution is 2.21. The van der Waals surface area contributed by atoms with Crippen molar-refractivity contribution in [1.29, 1.82) is 0 Å². The van der Waals surface area contributed by atoms with Crippen LogP contribution >= 0.6 is 0 Å². The number of ether oxygens (including phenoxy) is 2. The minimum Gasteiger partial charge on any atom is -0.466 e. The molecule has 2 rings (SSSR count). The first kappa shape index (κ1) is 16.3. The van der Waals surface area contributed by atoms with Gasteiger partial charge in [-0.05, 0) is 18.2 Å². The number of carbonyl (C=O) groups excluding carboxylic acids is 2. The topological polar surface area (TPSA) is 82.5 Å². The van der Waals surface area contributed by atoms with Crippen LogP contribution in [0.4, 0.5) is 5.69 Å². The van der Waals surface area contributed by atoms with E-state index >= 15 is 0 Å². The van der Waals surface area contributed by atoms with Gasteiger partial charge in [0.05, 0.1) is 26.0 Å². The van der Waals surface area contributed by atoms with E-state index in [-0.39, 0.29) is 5.70 Å². The van der Waals surface area contributed by atoms with Gasteiger partial charge in [-0.15, -0.1) is 0 Å². The first-order valence-electron chi connectivity index (χ1n) is 6.78. The zero-order chi connectivity index (χ0) is 16.8. The molecule has 1 N–H and O–H groups in total. The Balaban J connectivity index is 2.28. The Hall–Kier alpha value is -3.09. The van der Waals surface area contributed by atoms with Crippen LogP contribution in [0.2, 0.25) is 0 Å². The van der Waals surface area contributed by atoms with Gasteiger partial charge in [0.25, 0.3) is 0 Å². The van der Waals surface area contributed by atoms with Crippen LogP contribution in [0.25, 0.3) is 11.3 Å². The molecule has 0 amide bonds. The molecule has 0 atom stereocenters. The molecule has 2 aromatic rings. The first-order valence-corrected chi connectivity index (χ1v) is 6.78. The summed E-state index contributed by atoms with van der Waals surface area (Å²) in [5, 5.41) is 7.19. The number of esters is 2. The molecule has 1 heterocycles. The van der Waals surface area contributed by atoms with Crippen molar-refractivity contribution in [3.05, 3.63) is 48.3 Å². The summed E-state index contributed by atoms with van der Waals surface area (Å²) in [7, 11) is 4.30. The second-order valence-electron chi connectivity index (χ2n) is 4.65. The Morgan fingerprint density at radius 3 is 2.61 bits per heavy atom. The molecule has 120 valence electrons. The lowest BCUT2D eigenvalue weighted by Crippen LogP contribution is -2.15. The average Bonchev–Trinajstić information content (AvgIpc) is 3.00. The summed E-state index contributed by atoms with van der Waals surface area (Å²) in [5.41, 5.74) is 2.27. The molecule has 0 unspecified atom stereocenters. The van der Waals surface area contributed by atoms with Crippen molar-refractivity contribution in [2.75, 3.05) is 19.5 Å². The zero-order valence-corrected chi connectivity index (χ0v) is 13.1. The molecule has 0 radical (unpaired) electrons. The van der Waals surface area contributed by atoms with E-state index in [1.807, 2.05) is 37.5 Å². The van der Waals surface area contributed by atoms with E-state index in [0.29, 0.717) is 5.69 Å². The van der Waals surface area contributed by atoms with Crippen LogP contribution in [0.1, 0.15) is 0 Å². The quantitative estimate of drug-likeness (QED) is 0.668. The van der Waals surface area contributed by atoms with Crippen molar-refractivity contribution in [3.8, 4) is 11.3 Å². The van der Waals surface area contributed by atoms with Gasteiger partial charge in [-0.2, -0.15) is 5.10 Å². The molecule has 0 spiro atoms. The number of anilines is 1. The molecule has 1 aromatic heterocycles. The van der Waals surface area contributed by atoms with Gasteiger partial charge in [0.15, 0.2) is 0 Å². The van der Waals surface area contributed by atoms with Gasteiger partial charge in [0, 0.05) is 24.5 Å². The SMILES string of the molecule is COC(=O)/C=C(/Nc1cccc(-c2ccn(C)n2)c1)C(=O)OC. The van der Waals surface area contributed by atoms with E-state index < -0.39 is 11.9 Å². The van der Waals surface area contributed by atoms with Crippen LogP contribution in [0.5, 0.6) is 0 Å². The fourth-order valence-electron chi connectivity index (χ4n) is 1.91. The Labute approximate surface area is 133 Å². The number of hydrogen-bond acceptors (Lipinski definition) is 6. The van der Waals surface area contributed by atoms with E-state index in [1.54, 1.807) is 10.7 Å². The lowest BCUT2D eigenvalue weighted by molar-refractivity contribution is -0.138. The number of methoxy groups -OCH3 is 2. The zero-order valence-electron chi connectivity index (χ0n) is 13.1. The summed E-state index contributed by atoms with van der Waals surface area (Å²) in [6.45, 7) is 0.